The lowest BCUT2D eigenvalue weighted by atomic mass is 10.2. The minimum atomic E-state index is -0.0333. The molecule has 5 heteroatoms. The quantitative estimate of drug-likeness (QED) is 0.814. The van der Waals surface area contributed by atoms with Crippen molar-refractivity contribution in [2.75, 3.05) is 11.9 Å². The second-order valence-corrected chi connectivity index (χ2v) is 4.40. The molecule has 2 aromatic rings. The lowest BCUT2D eigenvalue weighted by Gasteiger charge is -2.12. The largest absolute Gasteiger partial charge is 0.494 e. The van der Waals surface area contributed by atoms with Crippen LogP contribution in [0.15, 0.2) is 30.6 Å². The van der Waals surface area contributed by atoms with E-state index in [1.165, 1.54) is 0 Å². The number of nitrogens with one attached hydrogen (secondary N) is 1. The van der Waals surface area contributed by atoms with Crippen LogP contribution in [-0.4, -0.2) is 21.3 Å². The van der Waals surface area contributed by atoms with Crippen molar-refractivity contribution in [3.63, 3.8) is 0 Å². The lowest BCUT2D eigenvalue weighted by Crippen LogP contribution is -2.08. The van der Waals surface area contributed by atoms with Crippen molar-refractivity contribution in [2.24, 2.45) is 0 Å². The molecule has 0 radical (unpaired) electrons. The van der Waals surface area contributed by atoms with E-state index in [1.54, 1.807) is 6.20 Å². The first-order chi connectivity index (χ1) is 9.78. The molecule has 0 bridgehead atoms. The van der Waals surface area contributed by atoms with E-state index in [9.17, 15) is 5.11 Å². The van der Waals surface area contributed by atoms with Crippen LogP contribution in [0.2, 0.25) is 0 Å². The third-order valence-electron chi connectivity index (χ3n) is 3.12. The molecule has 0 atom stereocenters. The van der Waals surface area contributed by atoms with Gasteiger partial charge in [0, 0.05) is 30.2 Å². The van der Waals surface area contributed by atoms with E-state index in [0.29, 0.717) is 13.2 Å². The van der Waals surface area contributed by atoms with Gasteiger partial charge in [-0.15, -0.1) is 0 Å². The number of aliphatic hydroxyl groups is 1. The number of anilines is 1. The van der Waals surface area contributed by atoms with Crippen molar-refractivity contribution in [3.8, 4) is 5.75 Å². The number of hydrogen-bond acceptors (Lipinski definition) is 4. The molecule has 2 N–H and O–H groups in total. The molecule has 2 rings (SSSR count). The van der Waals surface area contributed by atoms with Crippen LogP contribution in [0.25, 0.3) is 0 Å². The first-order valence-corrected chi connectivity index (χ1v) is 6.89. The number of nitrogens with zero attached hydrogens (tertiary/aromatic N) is 2. The Morgan fingerprint density at radius 1 is 1.35 bits per heavy atom. The Morgan fingerprint density at radius 3 is 2.90 bits per heavy atom. The zero-order valence-corrected chi connectivity index (χ0v) is 12.0. The lowest BCUT2D eigenvalue weighted by molar-refractivity contribution is 0.267. The maximum Gasteiger partial charge on any atom is 0.128 e. The van der Waals surface area contributed by atoms with Gasteiger partial charge in [0.05, 0.1) is 19.8 Å². The summed E-state index contributed by atoms with van der Waals surface area (Å²) in [6, 6.07) is 5.73. The summed E-state index contributed by atoms with van der Waals surface area (Å²) in [5.41, 5.74) is 1.74. The van der Waals surface area contributed by atoms with Gasteiger partial charge in [-0.25, -0.2) is 4.98 Å². The highest BCUT2D eigenvalue weighted by atomic mass is 16.5. The summed E-state index contributed by atoms with van der Waals surface area (Å²) in [5.74, 6) is 1.72. The molecule has 5 nitrogen and oxygen atoms in total. The van der Waals surface area contributed by atoms with Crippen LogP contribution in [-0.2, 0) is 19.7 Å². The number of rotatable bonds is 7. The van der Waals surface area contributed by atoms with E-state index in [2.05, 4.69) is 21.8 Å². The van der Waals surface area contributed by atoms with Crippen molar-refractivity contribution < 1.29 is 9.84 Å². The molecule has 20 heavy (non-hydrogen) atoms. The molecule has 0 saturated carbocycles. The third kappa shape index (κ3) is 3.30. The normalized spacial score (nSPS) is 10.6. The molecule has 1 heterocycles. The Kier molecular flexibility index (Phi) is 5.01. The standard InChI is InChI=1S/C15H21N3O2/c1-3-18-8-7-16-15(18)10-17-13-5-6-14(20-4-2)12(9-13)11-19/h5-9,17,19H,3-4,10-11H2,1-2H3. The molecule has 1 aromatic heterocycles. The molecule has 0 spiro atoms. The Hall–Kier alpha value is -2.01. The summed E-state index contributed by atoms with van der Waals surface area (Å²) in [6.07, 6.45) is 3.77. The SMILES string of the molecule is CCOc1ccc(NCc2nccn2CC)cc1CO. The van der Waals surface area contributed by atoms with Gasteiger partial charge >= 0.3 is 0 Å². The monoisotopic (exact) mass is 275 g/mol. The van der Waals surface area contributed by atoms with Gasteiger partial charge in [-0.3, -0.25) is 0 Å². The Bertz CT molecular complexity index is 552. The fourth-order valence-electron chi connectivity index (χ4n) is 2.09. The molecule has 0 saturated heterocycles. The summed E-state index contributed by atoms with van der Waals surface area (Å²) in [5, 5.41) is 12.7. The van der Waals surface area contributed by atoms with E-state index in [1.807, 2.05) is 31.3 Å². The summed E-state index contributed by atoms with van der Waals surface area (Å²) in [7, 11) is 0. The van der Waals surface area contributed by atoms with Gasteiger partial charge in [0.25, 0.3) is 0 Å². The van der Waals surface area contributed by atoms with E-state index in [4.69, 9.17) is 4.74 Å². The maximum absolute atomic E-state index is 9.38. The molecule has 1 aromatic carbocycles. The fraction of sp³-hybridized carbons (Fsp3) is 0.400. The molecule has 0 aliphatic carbocycles. The van der Waals surface area contributed by atoms with Gasteiger partial charge in [-0.05, 0) is 32.0 Å². The van der Waals surface area contributed by atoms with E-state index in [0.717, 1.165) is 29.4 Å². The van der Waals surface area contributed by atoms with E-state index >= 15 is 0 Å². The second-order valence-electron chi connectivity index (χ2n) is 4.40. The Labute approximate surface area is 119 Å². The molecule has 0 amide bonds. The fourth-order valence-corrected chi connectivity index (χ4v) is 2.09. The Balaban J connectivity index is 2.06. The van der Waals surface area contributed by atoms with Gasteiger partial charge < -0.3 is 19.7 Å². The summed E-state index contributed by atoms with van der Waals surface area (Å²) in [4.78, 5) is 4.32. The predicted molar refractivity (Wildman–Crippen MR) is 78.8 cm³/mol. The average Bonchev–Trinajstić information content (AvgIpc) is 2.94. The van der Waals surface area contributed by atoms with Crippen molar-refractivity contribution in [1.29, 1.82) is 0 Å². The molecule has 108 valence electrons. The van der Waals surface area contributed by atoms with Crippen LogP contribution in [0.5, 0.6) is 5.75 Å². The average molecular weight is 275 g/mol. The first-order valence-electron chi connectivity index (χ1n) is 6.89. The summed E-state index contributed by atoms with van der Waals surface area (Å²) in [6.45, 7) is 6.13. The van der Waals surface area contributed by atoms with Crippen LogP contribution in [0.3, 0.4) is 0 Å². The molecule has 0 aliphatic rings. The number of hydrogen-bond donors (Lipinski definition) is 2. The van der Waals surface area contributed by atoms with Gasteiger partial charge in [-0.1, -0.05) is 0 Å². The highest BCUT2D eigenvalue weighted by Crippen LogP contribution is 2.23. The zero-order valence-electron chi connectivity index (χ0n) is 12.0. The first kappa shape index (κ1) is 14.4. The van der Waals surface area contributed by atoms with Crippen LogP contribution >= 0.6 is 0 Å². The topological polar surface area (TPSA) is 59.3 Å². The van der Waals surface area contributed by atoms with Gasteiger partial charge in [0.2, 0.25) is 0 Å². The molecular weight excluding hydrogens is 254 g/mol. The van der Waals surface area contributed by atoms with E-state index < -0.39 is 0 Å². The van der Waals surface area contributed by atoms with Crippen LogP contribution in [0, 0.1) is 0 Å². The molecular formula is C15H21N3O2. The van der Waals surface area contributed by atoms with Gasteiger partial charge in [0.1, 0.15) is 11.6 Å². The molecule has 0 unspecified atom stereocenters. The number of benzene rings is 1. The number of aryl methyl sites for hydroxylation is 1. The van der Waals surface area contributed by atoms with Crippen molar-refractivity contribution >= 4 is 5.69 Å². The Morgan fingerprint density at radius 2 is 2.20 bits per heavy atom. The molecule has 0 aliphatic heterocycles. The predicted octanol–water partition coefficient (Wildman–Crippen LogP) is 2.41. The number of imidazole rings is 1. The highest BCUT2D eigenvalue weighted by molar-refractivity contribution is 5.51. The summed E-state index contributed by atoms with van der Waals surface area (Å²) < 4.78 is 7.56. The minimum Gasteiger partial charge on any atom is -0.494 e. The van der Waals surface area contributed by atoms with Crippen LogP contribution in [0.1, 0.15) is 25.2 Å². The van der Waals surface area contributed by atoms with Crippen molar-refractivity contribution in [1.82, 2.24) is 9.55 Å². The van der Waals surface area contributed by atoms with Gasteiger partial charge in [-0.2, -0.15) is 0 Å². The summed E-state index contributed by atoms with van der Waals surface area (Å²) >= 11 is 0. The van der Waals surface area contributed by atoms with Gasteiger partial charge in [0.15, 0.2) is 0 Å². The highest BCUT2D eigenvalue weighted by Gasteiger charge is 2.05. The second kappa shape index (κ2) is 6.96. The van der Waals surface area contributed by atoms with Crippen molar-refractivity contribution in [3.05, 3.63) is 42.0 Å². The number of ether oxygens (including phenoxy) is 1. The number of aromatic nitrogens is 2. The smallest absolute Gasteiger partial charge is 0.128 e. The minimum absolute atomic E-state index is 0.0333. The number of aliphatic hydroxyl groups excluding tert-OH is 1. The third-order valence-corrected chi connectivity index (χ3v) is 3.12. The van der Waals surface area contributed by atoms with Crippen LogP contribution in [0.4, 0.5) is 5.69 Å². The molecule has 0 fully saturated rings. The van der Waals surface area contributed by atoms with E-state index in [-0.39, 0.29) is 6.61 Å². The van der Waals surface area contributed by atoms with Crippen LogP contribution < -0.4 is 10.1 Å². The van der Waals surface area contributed by atoms with Crippen molar-refractivity contribution in [2.45, 2.75) is 33.5 Å². The zero-order chi connectivity index (χ0) is 14.4. The maximum atomic E-state index is 9.38.